The van der Waals surface area contributed by atoms with Crippen LogP contribution in [0.1, 0.15) is 51.9 Å². The van der Waals surface area contributed by atoms with Gasteiger partial charge < -0.3 is 5.32 Å². The highest BCUT2D eigenvalue weighted by atomic mass is 32.2. The highest BCUT2D eigenvalue weighted by molar-refractivity contribution is 7.98. The molecule has 0 amide bonds. The molecule has 0 radical (unpaired) electrons. The first-order valence-corrected chi connectivity index (χ1v) is 9.13. The summed E-state index contributed by atoms with van der Waals surface area (Å²) in [4.78, 5) is 2.77. The van der Waals surface area contributed by atoms with Crippen LogP contribution < -0.4 is 5.32 Å². The van der Waals surface area contributed by atoms with Crippen molar-refractivity contribution in [1.29, 1.82) is 0 Å². The molecular weight excluding hydrogens is 240 g/mol. The number of nitrogens with zero attached hydrogens (tertiary/aromatic N) is 1. The summed E-state index contributed by atoms with van der Waals surface area (Å²) in [5.41, 5.74) is 0.461. The lowest BCUT2D eigenvalue weighted by Crippen LogP contribution is -2.53. The SMILES string of the molecule is CSCCCN1CC2(CCCCC2)NCCC1C. The first-order valence-electron chi connectivity index (χ1n) is 7.74. The Morgan fingerprint density at radius 2 is 2.06 bits per heavy atom. The summed E-state index contributed by atoms with van der Waals surface area (Å²) in [5, 5.41) is 3.90. The molecule has 1 spiro atoms. The van der Waals surface area contributed by atoms with Gasteiger partial charge in [0, 0.05) is 18.1 Å². The standard InChI is InChI=1S/C15H30N2S/c1-14-7-10-16-15(8-4-3-5-9-15)13-17(14)11-6-12-18-2/h14,16H,3-13H2,1-2H3. The third kappa shape index (κ3) is 3.88. The Morgan fingerprint density at radius 3 is 2.78 bits per heavy atom. The number of thioether (sulfide) groups is 1. The lowest BCUT2D eigenvalue weighted by atomic mass is 9.81. The Balaban J connectivity index is 1.93. The van der Waals surface area contributed by atoms with Crippen LogP contribution in [0.15, 0.2) is 0 Å². The molecule has 106 valence electrons. The van der Waals surface area contributed by atoms with Gasteiger partial charge in [-0.15, -0.1) is 0 Å². The van der Waals surface area contributed by atoms with E-state index in [9.17, 15) is 0 Å². The van der Waals surface area contributed by atoms with Gasteiger partial charge in [0.1, 0.15) is 0 Å². The van der Waals surface area contributed by atoms with E-state index in [1.54, 1.807) is 0 Å². The Bertz CT molecular complexity index is 239. The van der Waals surface area contributed by atoms with Crippen LogP contribution in [0, 0.1) is 0 Å². The summed E-state index contributed by atoms with van der Waals surface area (Å²) in [6.45, 7) is 6.23. The van der Waals surface area contributed by atoms with E-state index in [-0.39, 0.29) is 0 Å². The number of rotatable bonds is 4. The largest absolute Gasteiger partial charge is 0.310 e. The molecule has 1 N–H and O–H groups in total. The highest BCUT2D eigenvalue weighted by Gasteiger charge is 2.36. The molecule has 1 heterocycles. The van der Waals surface area contributed by atoms with Crippen molar-refractivity contribution in [2.75, 3.05) is 31.6 Å². The van der Waals surface area contributed by atoms with E-state index in [1.165, 1.54) is 70.3 Å². The van der Waals surface area contributed by atoms with E-state index < -0.39 is 0 Å². The van der Waals surface area contributed by atoms with Crippen LogP contribution in [0.2, 0.25) is 0 Å². The smallest absolute Gasteiger partial charge is 0.0308 e. The number of nitrogens with one attached hydrogen (secondary N) is 1. The summed E-state index contributed by atoms with van der Waals surface area (Å²) in [7, 11) is 0. The summed E-state index contributed by atoms with van der Waals surface area (Å²) >= 11 is 1.98. The summed E-state index contributed by atoms with van der Waals surface area (Å²) in [5.74, 6) is 1.31. The van der Waals surface area contributed by atoms with Crippen molar-refractivity contribution >= 4 is 11.8 Å². The fourth-order valence-corrected chi connectivity index (χ4v) is 4.02. The van der Waals surface area contributed by atoms with Crippen LogP contribution in [0.25, 0.3) is 0 Å². The lowest BCUT2D eigenvalue weighted by molar-refractivity contribution is 0.138. The predicted molar refractivity (Wildman–Crippen MR) is 82.5 cm³/mol. The molecule has 1 aliphatic carbocycles. The Labute approximate surface area is 117 Å². The van der Waals surface area contributed by atoms with Gasteiger partial charge in [-0.2, -0.15) is 11.8 Å². The van der Waals surface area contributed by atoms with Crippen LogP contribution in [-0.4, -0.2) is 48.1 Å². The molecule has 0 aromatic carbocycles. The Kier molecular flexibility index (Phi) is 5.84. The van der Waals surface area contributed by atoms with Crippen LogP contribution in [0.5, 0.6) is 0 Å². The van der Waals surface area contributed by atoms with E-state index in [2.05, 4.69) is 23.4 Å². The van der Waals surface area contributed by atoms with Crippen molar-refractivity contribution < 1.29 is 0 Å². The molecule has 1 atom stereocenters. The zero-order valence-electron chi connectivity index (χ0n) is 12.2. The Morgan fingerprint density at radius 1 is 1.28 bits per heavy atom. The van der Waals surface area contributed by atoms with E-state index in [0.29, 0.717) is 5.54 Å². The van der Waals surface area contributed by atoms with Gasteiger partial charge in [-0.1, -0.05) is 19.3 Å². The third-order valence-corrected chi connectivity index (χ3v) is 5.49. The molecule has 1 saturated carbocycles. The zero-order chi connectivity index (χ0) is 12.8. The highest BCUT2D eigenvalue weighted by Crippen LogP contribution is 2.31. The Hall–Kier alpha value is 0.270. The monoisotopic (exact) mass is 270 g/mol. The fourth-order valence-electron chi connectivity index (χ4n) is 3.60. The normalized spacial score (nSPS) is 29.3. The van der Waals surface area contributed by atoms with Gasteiger partial charge >= 0.3 is 0 Å². The van der Waals surface area contributed by atoms with Crippen molar-refractivity contribution in [3.8, 4) is 0 Å². The van der Waals surface area contributed by atoms with Gasteiger partial charge in [0.2, 0.25) is 0 Å². The van der Waals surface area contributed by atoms with E-state index in [4.69, 9.17) is 0 Å². The summed E-state index contributed by atoms with van der Waals surface area (Å²) in [6, 6.07) is 0.764. The first kappa shape index (κ1) is 14.7. The zero-order valence-corrected chi connectivity index (χ0v) is 13.0. The van der Waals surface area contributed by atoms with Crippen molar-refractivity contribution in [3.05, 3.63) is 0 Å². The molecule has 1 aliphatic heterocycles. The molecule has 18 heavy (non-hydrogen) atoms. The molecule has 2 rings (SSSR count). The number of hydrogen-bond acceptors (Lipinski definition) is 3. The van der Waals surface area contributed by atoms with Crippen LogP contribution in [0.3, 0.4) is 0 Å². The molecule has 2 nitrogen and oxygen atoms in total. The van der Waals surface area contributed by atoms with Gasteiger partial charge in [0.25, 0.3) is 0 Å². The fraction of sp³-hybridized carbons (Fsp3) is 1.00. The average molecular weight is 270 g/mol. The first-order chi connectivity index (χ1) is 8.76. The minimum absolute atomic E-state index is 0.461. The maximum Gasteiger partial charge on any atom is 0.0308 e. The maximum absolute atomic E-state index is 3.90. The van der Waals surface area contributed by atoms with Gasteiger partial charge in [-0.05, 0) is 57.7 Å². The molecule has 1 saturated heterocycles. The van der Waals surface area contributed by atoms with Crippen molar-refractivity contribution in [3.63, 3.8) is 0 Å². The second kappa shape index (κ2) is 7.16. The molecule has 3 heteroatoms. The van der Waals surface area contributed by atoms with Crippen molar-refractivity contribution in [1.82, 2.24) is 10.2 Å². The van der Waals surface area contributed by atoms with Crippen LogP contribution in [0.4, 0.5) is 0 Å². The third-order valence-electron chi connectivity index (χ3n) is 4.80. The topological polar surface area (TPSA) is 15.3 Å². The van der Waals surface area contributed by atoms with E-state index in [0.717, 1.165) is 6.04 Å². The van der Waals surface area contributed by atoms with Gasteiger partial charge in [-0.3, -0.25) is 4.90 Å². The molecule has 0 bridgehead atoms. The molecule has 0 aromatic rings. The van der Waals surface area contributed by atoms with Crippen molar-refractivity contribution in [2.45, 2.75) is 63.5 Å². The molecule has 2 aliphatic rings. The van der Waals surface area contributed by atoms with Crippen LogP contribution in [-0.2, 0) is 0 Å². The summed E-state index contributed by atoms with van der Waals surface area (Å²) in [6.07, 6.45) is 12.0. The van der Waals surface area contributed by atoms with E-state index >= 15 is 0 Å². The molecule has 2 fully saturated rings. The molecule has 1 unspecified atom stereocenters. The van der Waals surface area contributed by atoms with Gasteiger partial charge in [0.05, 0.1) is 0 Å². The lowest BCUT2D eigenvalue weighted by Gasteiger charge is -2.41. The molecule has 0 aromatic heterocycles. The predicted octanol–water partition coefficient (Wildman–Crippen LogP) is 3.13. The minimum atomic E-state index is 0.461. The number of hydrogen-bond donors (Lipinski definition) is 1. The van der Waals surface area contributed by atoms with Gasteiger partial charge in [-0.25, -0.2) is 0 Å². The van der Waals surface area contributed by atoms with Crippen molar-refractivity contribution in [2.24, 2.45) is 0 Å². The second-order valence-corrected chi connectivity index (χ2v) is 7.21. The average Bonchev–Trinajstić information content (AvgIpc) is 2.52. The summed E-state index contributed by atoms with van der Waals surface area (Å²) < 4.78 is 0. The minimum Gasteiger partial charge on any atom is -0.310 e. The van der Waals surface area contributed by atoms with Crippen LogP contribution >= 0.6 is 11.8 Å². The molecular formula is C15H30N2S. The second-order valence-electron chi connectivity index (χ2n) is 6.22. The maximum atomic E-state index is 3.90. The quantitative estimate of drug-likeness (QED) is 0.790. The van der Waals surface area contributed by atoms with E-state index in [1.807, 2.05) is 11.8 Å². The van der Waals surface area contributed by atoms with Gasteiger partial charge in [0.15, 0.2) is 0 Å².